The summed E-state index contributed by atoms with van der Waals surface area (Å²) >= 11 is 0. The van der Waals surface area contributed by atoms with Gasteiger partial charge in [-0.1, -0.05) is 24.6 Å². The maximum atomic E-state index is 5.89. The number of likely N-dealkylation sites (tertiary alicyclic amines) is 1. The lowest BCUT2D eigenvalue weighted by Crippen LogP contribution is -2.39. The van der Waals surface area contributed by atoms with E-state index in [-0.39, 0.29) is 0 Å². The first kappa shape index (κ1) is 16.0. The molecule has 25 heavy (non-hydrogen) atoms. The van der Waals surface area contributed by atoms with E-state index in [4.69, 9.17) is 4.42 Å². The summed E-state index contributed by atoms with van der Waals surface area (Å²) in [6.07, 6.45) is 8.71. The van der Waals surface area contributed by atoms with E-state index in [0.717, 1.165) is 31.6 Å². The summed E-state index contributed by atoms with van der Waals surface area (Å²) in [6.45, 7) is 2.77. The fourth-order valence-electron chi connectivity index (χ4n) is 3.50. The van der Waals surface area contributed by atoms with Crippen LogP contribution in [0.1, 0.15) is 31.6 Å². The predicted molar refractivity (Wildman–Crippen MR) is 94.6 cm³/mol. The average molecular weight is 337 g/mol. The van der Waals surface area contributed by atoms with E-state index in [1.165, 1.54) is 19.3 Å². The molecule has 1 aliphatic heterocycles. The van der Waals surface area contributed by atoms with Gasteiger partial charge in [0, 0.05) is 30.5 Å². The highest BCUT2D eigenvalue weighted by molar-refractivity contribution is 5.51. The Balaban J connectivity index is 1.40. The molecule has 0 unspecified atom stereocenters. The van der Waals surface area contributed by atoms with Gasteiger partial charge in [0.2, 0.25) is 11.8 Å². The number of aryl methyl sites for hydroxylation is 1. The Bertz CT molecular complexity index is 768. The van der Waals surface area contributed by atoms with Crippen molar-refractivity contribution in [3.8, 4) is 11.5 Å². The molecule has 1 atom stereocenters. The fraction of sp³-hybridized carbons (Fsp3) is 0.421. The quantitative estimate of drug-likeness (QED) is 0.690. The largest absolute Gasteiger partial charge is 0.419 e. The summed E-state index contributed by atoms with van der Waals surface area (Å²) in [4.78, 5) is 2.48. The maximum absolute atomic E-state index is 5.89. The van der Waals surface area contributed by atoms with Crippen LogP contribution in [-0.4, -0.2) is 37.5 Å². The molecular formula is C19H23N5O. The highest BCUT2D eigenvalue weighted by Gasteiger charge is 2.24. The van der Waals surface area contributed by atoms with Crippen molar-refractivity contribution < 1.29 is 4.42 Å². The molecule has 4 rings (SSSR count). The zero-order valence-electron chi connectivity index (χ0n) is 14.3. The number of aromatic nitrogens is 4. The minimum atomic E-state index is 0.546. The van der Waals surface area contributed by atoms with Crippen LogP contribution in [0.2, 0.25) is 0 Å². The second kappa shape index (κ2) is 7.61. The molecule has 0 bridgehead atoms. The lowest BCUT2D eigenvalue weighted by atomic mass is 9.99. The van der Waals surface area contributed by atoms with Gasteiger partial charge in [0.05, 0.1) is 6.54 Å². The highest BCUT2D eigenvalue weighted by Crippen LogP contribution is 2.23. The summed E-state index contributed by atoms with van der Waals surface area (Å²) in [5.74, 6) is 1.30. The average Bonchev–Trinajstić information content (AvgIpc) is 3.34. The third kappa shape index (κ3) is 3.96. The van der Waals surface area contributed by atoms with Gasteiger partial charge < -0.3 is 4.42 Å². The van der Waals surface area contributed by atoms with Gasteiger partial charge in [-0.05, 0) is 44.0 Å². The van der Waals surface area contributed by atoms with Crippen molar-refractivity contribution in [3.05, 3.63) is 54.7 Å². The van der Waals surface area contributed by atoms with Crippen LogP contribution in [0.25, 0.3) is 11.5 Å². The lowest BCUT2D eigenvalue weighted by molar-refractivity contribution is 0.116. The van der Waals surface area contributed by atoms with E-state index in [1.807, 2.05) is 53.5 Å². The third-order valence-electron chi connectivity index (χ3n) is 4.83. The maximum Gasteiger partial charge on any atom is 0.247 e. The lowest BCUT2D eigenvalue weighted by Gasteiger charge is -2.34. The molecule has 1 aromatic carbocycles. The Labute approximate surface area is 147 Å². The molecule has 0 N–H and O–H groups in total. The summed E-state index contributed by atoms with van der Waals surface area (Å²) in [7, 11) is 0. The highest BCUT2D eigenvalue weighted by atomic mass is 16.4. The van der Waals surface area contributed by atoms with Crippen LogP contribution in [-0.2, 0) is 13.1 Å². The van der Waals surface area contributed by atoms with Crippen LogP contribution < -0.4 is 0 Å². The zero-order chi connectivity index (χ0) is 16.9. The van der Waals surface area contributed by atoms with Crippen molar-refractivity contribution in [1.29, 1.82) is 0 Å². The first-order valence-electron chi connectivity index (χ1n) is 8.98. The molecule has 130 valence electrons. The Morgan fingerprint density at radius 3 is 2.84 bits per heavy atom. The molecule has 0 amide bonds. The van der Waals surface area contributed by atoms with Gasteiger partial charge in [0.1, 0.15) is 0 Å². The SMILES string of the molecule is c1ccc(-c2nnc(CN3CCCC[C@@H]3CCn3cccn3)o2)cc1. The molecule has 1 saturated heterocycles. The van der Waals surface area contributed by atoms with Crippen molar-refractivity contribution in [2.24, 2.45) is 0 Å². The van der Waals surface area contributed by atoms with Crippen LogP contribution in [0.5, 0.6) is 0 Å². The smallest absolute Gasteiger partial charge is 0.247 e. The molecular weight excluding hydrogens is 314 g/mol. The molecule has 0 spiro atoms. The second-order valence-corrected chi connectivity index (χ2v) is 6.54. The molecule has 3 aromatic rings. The Kier molecular flexibility index (Phi) is 4.88. The molecule has 0 aliphatic carbocycles. The van der Waals surface area contributed by atoms with Crippen molar-refractivity contribution in [2.75, 3.05) is 6.54 Å². The van der Waals surface area contributed by atoms with E-state index < -0.39 is 0 Å². The first-order valence-corrected chi connectivity index (χ1v) is 8.98. The third-order valence-corrected chi connectivity index (χ3v) is 4.83. The van der Waals surface area contributed by atoms with Gasteiger partial charge in [-0.25, -0.2) is 0 Å². The first-order chi connectivity index (χ1) is 12.4. The number of hydrogen-bond donors (Lipinski definition) is 0. The topological polar surface area (TPSA) is 60.0 Å². The van der Waals surface area contributed by atoms with E-state index in [2.05, 4.69) is 20.2 Å². The summed E-state index contributed by atoms with van der Waals surface area (Å²) in [5, 5.41) is 12.8. The van der Waals surface area contributed by atoms with Crippen LogP contribution in [0.15, 0.2) is 53.2 Å². The minimum Gasteiger partial charge on any atom is -0.419 e. The van der Waals surface area contributed by atoms with Gasteiger partial charge in [-0.3, -0.25) is 9.58 Å². The van der Waals surface area contributed by atoms with Crippen molar-refractivity contribution in [1.82, 2.24) is 24.9 Å². The molecule has 0 radical (unpaired) electrons. The number of benzene rings is 1. The molecule has 6 nitrogen and oxygen atoms in total. The molecule has 1 fully saturated rings. The zero-order valence-corrected chi connectivity index (χ0v) is 14.3. The van der Waals surface area contributed by atoms with Gasteiger partial charge in [0.15, 0.2) is 0 Å². The van der Waals surface area contributed by atoms with E-state index in [1.54, 1.807) is 0 Å². The summed E-state index contributed by atoms with van der Waals surface area (Å²) in [5.41, 5.74) is 0.968. The van der Waals surface area contributed by atoms with Crippen molar-refractivity contribution in [3.63, 3.8) is 0 Å². The van der Waals surface area contributed by atoms with Crippen LogP contribution in [0.4, 0.5) is 0 Å². The number of hydrogen-bond acceptors (Lipinski definition) is 5. The molecule has 6 heteroatoms. The summed E-state index contributed by atoms with van der Waals surface area (Å²) < 4.78 is 7.90. The standard InChI is InChI=1S/C19H23N5O/c1-2-7-16(8-3-1)19-22-21-18(25-19)15-23-12-5-4-9-17(23)10-14-24-13-6-11-20-24/h1-3,6-8,11,13,17H,4-5,9-10,12,14-15H2/t17-/m1/s1. The fourth-order valence-corrected chi connectivity index (χ4v) is 3.50. The van der Waals surface area contributed by atoms with Gasteiger partial charge in [-0.2, -0.15) is 5.10 Å². The van der Waals surface area contributed by atoms with E-state index in [0.29, 0.717) is 17.8 Å². The normalized spacial score (nSPS) is 18.5. The van der Waals surface area contributed by atoms with Crippen LogP contribution in [0.3, 0.4) is 0 Å². The summed E-state index contributed by atoms with van der Waals surface area (Å²) in [6, 6.07) is 12.5. The Morgan fingerprint density at radius 2 is 2.00 bits per heavy atom. The van der Waals surface area contributed by atoms with Crippen molar-refractivity contribution in [2.45, 2.75) is 44.8 Å². The molecule has 0 saturated carbocycles. The second-order valence-electron chi connectivity index (χ2n) is 6.54. The Morgan fingerprint density at radius 1 is 1.08 bits per heavy atom. The molecule has 2 aromatic heterocycles. The van der Waals surface area contributed by atoms with Crippen molar-refractivity contribution >= 4 is 0 Å². The van der Waals surface area contributed by atoms with E-state index >= 15 is 0 Å². The van der Waals surface area contributed by atoms with Gasteiger partial charge in [0.25, 0.3) is 0 Å². The van der Waals surface area contributed by atoms with E-state index in [9.17, 15) is 0 Å². The molecule has 3 heterocycles. The van der Waals surface area contributed by atoms with Gasteiger partial charge in [-0.15, -0.1) is 10.2 Å². The number of rotatable bonds is 6. The van der Waals surface area contributed by atoms with Gasteiger partial charge >= 0.3 is 0 Å². The van der Waals surface area contributed by atoms with Crippen LogP contribution in [0, 0.1) is 0 Å². The minimum absolute atomic E-state index is 0.546. The van der Waals surface area contributed by atoms with Crippen LogP contribution >= 0.6 is 0 Å². The number of piperidine rings is 1. The Hall–Kier alpha value is -2.47. The number of nitrogens with zero attached hydrogens (tertiary/aromatic N) is 5. The monoisotopic (exact) mass is 337 g/mol. The predicted octanol–water partition coefficient (Wildman–Crippen LogP) is 3.38. The molecule has 1 aliphatic rings.